The zero-order valence-corrected chi connectivity index (χ0v) is 16.5. The van der Waals surface area contributed by atoms with Gasteiger partial charge in [0.15, 0.2) is 5.82 Å². The smallest absolute Gasteiger partial charge is 0.261 e. The monoisotopic (exact) mass is 448 g/mol. The Balaban J connectivity index is 1.72. The number of hydrogen-bond acceptors (Lipinski definition) is 5. The fourth-order valence-electron chi connectivity index (χ4n) is 3.12. The van der Waals surface area contributed by atoms with Crippen LogP contribution in [0, 0.1) is 11.6 Å². The van der Waals surface area contributed by atoms with Gasteiger partial charge in [0.1, 0.15) is 30.6 Å². The number of benzene rings is 2. The Kier molecular flexibility index (Phi) is 5.38. The molecule has 3 N–H and O–H groups in total. The first-order valence-electron chi connectivity index (χ1n) is 8.92. The lowest BCUT2D eigenvalue weighted by atomic mass is 10.0. The van der Waals surface area contributed by atoms with E-state index >= 15 is 4.39 Å². The number of rotatable bonds is 6. The topological polar surface area (TPSA) is 108 Å². The molecule has 1 atom stereocenters. The molecule has 2 heterocycles. The minimum absolute atomic E-state index is 0.121. The molecule has 4 aromatic rings. The fourth-order valence-corrected chi connectivity index (χ4v) is 4.18. The summed E-state index contributed by atoms with van der Waals surface area (Å²) in [5, 5.41) is 11.0. The van der Waals surface area contributed by atoms with Crippen molar-refractivity contribution in [1.29, 1.82) is 0 Å². The van der Waals surface area contributed by atoms with Crippen molar-refractivity contribution < 1.29 is 26.7 Å². The van der Waals surface area contributed by atoms with Crippen molar-refractivity contribution in [3.05, 3.63) is 83.4 Å². The fraction of sp³-hybridized carbons (Fsp3) is 0.100. The first kappa shape index (κ1) is 20.8. The third-order valence-corrected chi connectivity index (χ3v) is 6.10. The molecular formula is C20H15F3N4O3S. The summed E-state index contributed by atoms with van der Waals surface area (Å²) in [4.78, 5) is 10.3. The summed E-state index contributed by atoms with van der Waals surface area (Å²) in [6, 6.07) is 6.65. The molecule has 11 heteroatoms. The highest BCUT2D eigenvalue weighted by Gasteiger charge is 2.26. The number of aliphatic hydroxyl groups excluding tert-OH is 1. The minimum Gasteiger partial charge on any atom is -0.383 e. The maximum atomic E-state index is 15.1. The van der Waals surface area contributed by atoms with Gasteiger partial charge in [0.05, 0.1) is 16.1 Å². The van der Waals surface area contributed by atoms with E-state index in [0.29, 0.717) is 11.0 Å². The summed E-state index contributed by atoms with van der Waals surface area (Å²) in [7, 11) is -4.25. The second kappa shape index (κ2) is 8.00. The van der Waals surface area contributed by atoms with Crippen molar-refractivity contribution in [3.8, 4) is 0 Å². The summed E-state index contributed by atoms with van der Waals surface area (Å²) in [5.41, 5.74) is -0.535. The van der Waals surface area contributed by atoms with Crippen molar-refractivity contribution in [3.63, 3.8) is 0 Å². The van der Waals surface area contributed by atoms with Crippen LogP contribution in [-0.4, -0.2) is 28.5 Å². The van der Waals surface area contributed by atoms with Crippen LogP contribution in [-0.2, 0) is 16.7 Å². The molecule has 7 nitrogen and oxygen atoms in total. The van der Waals surface area contributed by atoms with Crippen molar-refractivity contribution in [2.75, 3.05) is 4.72 Å². The molecule has 160 valence electrons. The van der Waals surface area contributed by atoms with Crippen LogP contribution in [0.15, 0.2) is 60.0 Å². The van der Waals surface area contributed by atoms with Crippen LogP contribution in [0.4, 0.5) is 18.9 Å². The van der Waals surface area contributed by atoms with Crippen LogP contribution in [0.5, 0.6) is 0 Å². The minimum atomic E-state index is -4.25. The number of aromatic amines is 1. The van der Waals surface area contributed by atoms with Gasteiger partial charge in [-0.2, -0.15) is 0 Å². The standard InChI is InChI=1S/C20H15F3N4O3S/c21-7-11-1-3-12(4-2-11)31(29,30)27-16-6-5-15(22)17(18(16)23)19(28)13-9-25-20-14(13)8-24-10-26-20/h1-6,8-10,19,27-28H,7H2,(H,24,25,26). The number of nitrogens with zero attached hydrogens (tertiary/aromatic N) is 2. The van der Waals surface area contributed by atoms with Gasteiger partial charge in [0.25, 0.3) is 10.0 Å². The lowest BCUT2D eigenvalue weighted by Crippen LogP contribution is -2.16. The molecule has 0 aliphatic rings. The summed E-state index contributed by atoms with van der Waals surface area (Å²) < 4.78 is 69.4. The zero-order chi connectivity index (χ0) is 22.2. The first-order valence-corrected chi connectivity index (χ1v) is 10.4. The second-order valence-corrected chi connectivity index (χ2v) is 8.32. The molecule has 2 aromatic heterocycles. The average Bonchev–Trinajstić information content (AvgIpc) is 3.20. The summed E-state index contributed by atoms with van der Waals surface area (Å²) in [5.74, 6) is -2.34. The van der Waals surface area contributed by atoms with Crippen LogP contribution in [0.1, 0.15) is 22.8 Å². The molecule has 31 heavy (non-hydrogen) atoms. The molecule has 0 saturated carbocycles. The maximum Gasteiger partial charge on any atom is 0.261 e. The predicted molar refractivity (Wildman–Crippen MR) is 106 cm³/mol. The van der Waals surface area contributed by atoms with E-state index < -0.39 is 45.7 Å². The van der Waals surface area contributed by atoms with Gasteiger partial charge in [-0.15, -0.1) is 0 Å². The number of H-pyrrole nitrogens is 1. The van der Waals surface area contributed by atoms with E-state index in [1.54, 1.807) is 0 Å². The second-order valence-electron chi connectivity index (χ2n) is 6.64. The van der Waals surface area contributed by atoms with Gasteiger partial charge in [-0.25, -0.2) is 31.6 Å². The normalized spacial score (nSPS) is 12.8. The summed E-state index contributed by atoms with van der Waals surface area (Å²) in [6.45, 7) is -0.763. The highest BCUT2D eigenvalue weighted by Crippen LogP contribution is 2.34. The molecule has 0 spiro atoms. The van der Waals surface area contributed by atoms with Crippen LogP contribution >= 0.6 is 0 Å². The number of fused-ring (bicyclic) bond motifs is 1. The van der Waals surface area contributed by atoms with E-state index in [9.17, 15) is 22.3 Å². The van der Waals surface area contributed by atoms with Crippen molar-refractivity contribution in [1.82, 2.24) is 15.0 Å². The number of aromatic nitrogens is 3. The molecule has 0 radical (unpaired) electrons. The molecule has 0 amide bonds. The molecular weight excluding hydrogens is 433 g/mol. The van der Waals surface area contributed by atoms with Crippen LogP contribution in [0.25, 0.3) is 11.0 Å². The lowest BCUT2D eigenvalue weighted by Gasteiger charge is -2.16. The Morgan fingerprint density at radius 2 is 1.87 bits per heavy atom. The SMILES string of the molecule is O=S(=O)(Nc1ccc(F)c(C(O)c2c[nH]c3ncncc23)c1F)c1ccc(CF)cc1. The Morgan fingerprint density at radius 1 is 1.13 bits per heavy atom. The molecule has 0 aliphatic heterocycles. The van der Waals surface area contributed by atoms with Crippen LogP contribution < -0.4 is 4.72 Å². The Bertz CT molecular complexity index is 1360. The Morgan fingerprint density at radius 3 is 2.58 bits per heavy atom. The summed E-state index contributed by atoms with van der Waals surface area (Å²) in [6.07, 6.45) is 2.23. The van der Waals surface area contributed by atoms with E-state index in [1.165, 1.54) is 43.0 Å². The van der Waals surface area contributed by atoms with Crippen LogP contribution in [0.2, 0.25) is 0 Å². The highest BCUT2D eigenvalue weighted by molar-refractivity contribution is 7.92. The third-order valence-electron chi connectivity index (χ3n) is 4.71. The van der Waals surface area contributed by atoms with E-state index in [4.69, 9.17) is 0 Å². The lowest BCUT2D eigenvalue weighted by molar-refractivity contribution is 0.211. The van der Waals surface area contributed by atoms with E-state index in [2.05, 4.69) is 15.0 Å². The van der Waals surface area contributed by atoms with Gasteiger partial charge in [-0.1, -0.05) is 12.1 Å². The number of hydrogen-bond donors (Lipinski definition) is 3. The van der Waals surface area contributed by atoms with Gasteiger partial charge in [-0.05, 0) is 29.8 Å². The first-order chi connectivity index (χ1) is 14.8. The molecule has 4 rings (SSSR count). The molecule has 0 bridgehead atoms. The Hall–Kier alpha value is -3.44. The van der Waals surface area contributed by atoms with E-state index in [1.807, 2.05) is 4.72 Å². The largest absolute Gasteiger partial charge is 0.383 e. The highest BCUT2D eigenvalue weighted by atomic mass is 32.2. The van der Waals surface area contributed by atoms with Gasteiger partial charge >= 0.3 is 0 Å². The zero-order valence-electron chi connectivity index (χ0n) is 15.7. The number of halogens is 3. The van der Waals surface area contributed by atoms with Gasteiger partial charge in [-0.3, -0.25) is 4.72 Å². The van der Waals surface area contributed by atoms with Gasteiger partial charge in [0, 0.05) is 23.3 Å². The molecule has 1 unspecified atom stereocenters. The number of nitrogens with one attached hydrogen (secondary N) is 2. The molecule has 0 fully saturated rings. The van der Waals surface area contributed by atoms with Crippen molar-refractivity contribution >= 4 is 26.7 Å². The third kappa shape index (κ3) is 3.84. The predicted octanol–water partition coefficient (Wildman–Crippen LogP) is 3.59. The maximum absolute atomic E-state index is 15.1. The van der Waals surface area contributed by atoms with Crippen LogP contribution in [0.3, 0.4) is 0 Å². The number of aliphatic hydroxyl groups is 1. The molecule has 0 saturated heterocycles. The number of anilines is 1. The number of alkyl halides is 1. The molecule has 2 aromatic carbocycles. The molecule has 0 aliphatic carbocycles. The number of sulfonamides is 1. The van der Waals surface area contributed by atoms with E-state index in [-0.39, 0.29) is 16.0 Å². The van der Waals surface area contributed by atoms with E-state index in [0.717, 1.165) is 12.1 Å². The summed E-state index contributed by atoms with van der Waals surface area (Å²) >= 11 is 0. The van der Waals surface area contributed by atoms with Crippen molar-refractivity contribution in [2.24, 2.45) is 0 Å². The Labute approximate surface area is 174 Å². The average molecular weight is 448 g/mol. The van der Waals surface area contributed by atoms with Gasteiger partial charge < -0.3 is 10.1 Å². The van der Waals surface area contributed by atoms with Crippen molar-refractivity contribution in [2.45, 2.75) is 17.7 Å². The quantitative estimate of drug-likeness (QED) is 0.418. The van der Waals surface area contributed by atoms with Gasteiger partial charge in [0.2, 0.25) is 0 Å².